The van der Waals surface area contributed by atoms with Crippen molar-refractivity contribution in [1.82, 2.24) is 9.55 Å². The summed E-state index contributed by atoms with van der Waals surface area (Å²) in [5, 5.41) is 2.24. The van der Waals surface area contributed by atoms with Crippen LogP contribution in [0.3, 0.4) is 0 Å². The minimum absolute atomic E-state index is 0.00228. The van der Waals surface area contributed by atoms with E-state index in [0.29, 0.717) is 5.56 Å². The third-order valence-electron chi connectivity index (χ3n) is 9.03. The van der Waals surface area contributed by atoms with Crippen molar-refractivity contribution >= 4 is 71.5 Å². The summed E-state index contributed by atoms with van der Waals surface area (Å²) in [5.74, 6) is 0.130. The van der Waals surface area contributed by atoms with E-state index in [0.717, 1.165) is 44.6 Å². The molecule has 0 atom stereocenters. The van der Waals surface area contributed by atoms with E-state index >= 15 is 0 Å². The second kappa shape index (κ2) is 11.0. The van der Waals surface area contributed by atoms with E-state index in [2.05, 4.69) is 64.1 Å². The van der Waals surface area contributed by atoms with Crippen LogP contribution in [-0.2, 0) is 0 Å². The Kier molecular flexibility index (Phi) is 4.60. The Balaban J connectivity index is 1.16. The van der Waals surface area contributed by atoms with E-state index in [-0.39, 0.29) is 50.6 Å². The topological polar surface area (TPSA) is 34.2 Å². The Hall–Kier alpha value is -6.65. The lowest BCUT2D eigenvalue weighted by Crippen LogP contribution is -2.10. The molecule has 0 aliphatic rings. The maximum Gasteiger partial charge on any atom is 0.227 e. The zero-order valence-electron chi connectivity index (χ0n) is 33.9. The number of oxazole rings is 1. The molecule has 0 N–H and O–H groups in total. The van der Waals surface area contributed by atoms with Gasteiger partial charge in [0, 0.05) is 49.9 Å². The molecule has 0 bridgehead atoms. The van der Waals surface area contributed by atoms with Gasteiger partial charge in [-0.05, 0) is 77.5 Å². The number of rotatable bonds is 5. The Labute approximate surface area is 294 Å². The van der Waals surface area contributed by atoms with Crippen molar-refractivity contribution in [2.24, 2.45) is 0 Å². The van der Waals surface area contributed by atoms with Crippen LogP contribution in [0.2, 0.25) is 0 Å². The number of fused-ring (bicyclic) bond motifs is 9. The van der Waals surface area contributed by atoms with Gasteiger partial charge >= 0.3 is 0 Å². The average molecular weight is 636 g/mol. The van der Waals surface area contributed by atoms with Gasteiger partial charge in [0.25, 0.3) is 0 Å². The normalized spacial score (nSPS) is 14.0. The van der Waals surface area contributed by atoms with Crippen LogP contribution < -0.4 is 4.90 Å². The molecular weight excluding hydrogens is 599 g/mol. The van der Waals surface area contributed by atoms with Gasteiger partial charge in [-0.2, -0.15) is 0 Å². The standard InChI is InChI=1S/C45H29N3O/c1-3-13-31(14-4-1)47(34-27-28-38-37-19-11-12-22-41(37)48(42(38)29-34)32-15-5-2-6-16-32)33-25-23-30(24-26-33)45-46-43-39-20-9-7-17-35(39)36-18-8-10-21-40(36)44(43)49-45/h1-29H/i7D,8D,9D,10D,17D,18D,20D,21D. The number of benzene rings is 8. The van der Waals surface area contributed by atoms with E-state index in [4.69, 9.17) is 20.4 Å². The highest BCUT2D eigenvalue weighted by atomic mass is 16.3. The van der Waals surface area contributed by atoms with E-state index < -0.39 is 36.3 Å². The van der Waals surface area contributed by atoms with E-state index in [9.17, 15) is 0 Å². The lowest BCUT2D eigenvalue weighted by molar-refractivity contribution is 0.623. The summed E-state index contributed by atoms with van der Waals surface area (Å²) in [4.78, 5) is 6.92. The van der Waals surface area contributed by atoms with Crippen LogP contribution in [0.5, 0.6) is 0 Å². The molecule has 0 aliphatic carbocycles. The van der Waals surface area contributed by atoms with Crippen LogP contribution in [0.15, 0.2) is 180 Å². The molecule has 4 nitrogen and oxygen atoms in total. The van der Waals surface area contributed by atoms with Gasteiger partial charge < -0.3 is 13.9 Å². The molecule has 0 saturated heterocycles. The van der Waals surface area contributed by atoms with Crippen molar-refractivity contribution < 1.29 is 15.4 Å². The van der Waals surface area contributed by atoms with Crippen LogP contribution in [0.1, 0.15) is 11.0 Å². The number of nitrogens with zero attached hydrogens (tertiary/aromatic N) is 3. The van der Waals surface area contributed by atoms with Crippen LogP contribution in [-0.4, -0.2) is 9.55 Å². The quantitative estimate of drug-likeness (QED) is 0.177. The minimum Gasteiger partial charge on any atom is -0.435 e. The minimum atomic E-state index is -0.514. The van der Waals surface area contributed by atoms with Gasteiger partial charge in [-0.1, -0.05) is 109 Å². The van der Waals surface area contributed by atoms with Crippen molar-refractivity contribution in [3.8, 4) is 17.1 Å². The molecule has 0 radical (unpaired) electrons. The molecule has 0 saturated carbocycles. The lowest BCUT2D eigenvalue weighted by Gasteiger charge is -2.26. The maximum atomic E-state index is 8.83. The number of aromatic nitrogens is 2. The van der Waals surface area contributed by atoms with Gasteiger partial charge in [0.1, 0.15) is 5.52 Å². The second-order valence-corrected chi connectivity index (χ2v) is 11.8. The summed E-state index contributed by atoms with van der Waals surface area (Å²) in [6.45, 7) is 0. The van der Waals surface area contributed by atoms with Gasteiger partial charge in [0.2, 0.25) is 5.89 Å². The predicted molar refractivity (Wildman–Crippen MR) is 203 cm³/mol. The lowest BCUT2D eigenvalue weighted by atomic mass is 10.0. The first-order chi connectivity index (χ1) is 27.6. The van der Waals surface area contributed by atoms with Crippen LogP contribution in [0, 0.1) is 0 Å². The summed E-state index contributed by atoms with van der Waals surface area (Å²) < 4.78 is 77.4. The highest BCUT2D eigenvalue weighted by molar-refractivity contribution is 6.22. The molecule has 230 valence electrons. The van der Waals surface area contributed by atoms with Gasteiger partial charge in [0.05, 0.1) is 22.0 Å². The van der Waals surface area contributed by atoms with Crippen LogP contribution in [0.4, 0.5) is 17.1 Å². The van der Waals surface area contributed by atoms with Crippen LogP contribution in [0.25, 0.3) is 71.6 Å². The van der Waals surface area contributed by atoms with Crippen LogP contribution >= 0.6 is 0 Å². The fraction of sp³-hybridized carbons (Fsp3) is 0. The van der Waals surface area contributed by atoms with Crippen molar-refractivity contribution in [2.75, 3.05) is 4.90 Å². The van der Waals surface area contributed by atoms with E-state index in [1.807, 2.05) is 72.8 Å². The van der Waals surface area contributed by atoms with E-state index in [1.54, 1.807) is 0 Å². The van der Waals surface area contributed by atoms with Crippen molar-refractivity contribution in [3.63, 3.8) is 0 Å². The van der Waals surface area contributed by atoms with Gasteiger partial charge in [-0.25, -0.2) is 4.98 Å². The summed E-state index contributed by atoms with van der Waals surface area (Å²) >= 11 is 0. The SMILES string of the molecule is [2H]c1c([2H])c([2H])c2c(c1[2H])c1nc(-c3ccc(N(c4ccccc4)c4ccc5c6ccccc6n(-c6ccccc6)c5c4)cc3)oc1c1c([2H])c([2H])c([2H])c([2H])c12. The summed E-state index contributed by atoms with van der Waals surface area (Å²) in [6.07, 6.45) is 0. The third-order valence-corrected chi connectivity index (χ3v) is 9.03. The molecule has 0 aliphatic heterocycles. The third kappa shape index (κ3) is 4.35. The first-order valence-electron chi connectivity index (χ1n) is 19.9. The highest BCUT2D eigenvalue weighted by Crippen LogP contribution is 2.41. The Bertz CT molecular complexity index is 3180. The second-order valence-electron chi connectivity index (χ2n) is 11.8. The molecular formula is C45H29N3O. The largest absolute Gasteiger partial charge is 0.435 e. The summed E-state index contributed by atoms with van der Waals surface area (Å²) in [5.41, 5.74) is 6.60. The predicted octanol–water partition coefficient (Wildman–Crippen LogP) is 12.4. The Morgan fingerprint density at radius 2 is 1.10 bits per heavy atom. The zero-order chi connectivity index (χ0) is 39.3. The van der Waals surface area contributed by atoms with Crippen molar-refractivity contribution in [2.45, 2.75) is 0 Å². The highest BCUT2D eigenvalue weighted by Gasteiger charge is 2.19. The molecule has 8 aromatic carbocycles. The zero-order valence-corrected chi connectivity index (χ0v) is 25.9. The summed E-state index contributed by atoms with van der Waals surface area (Å²) in [6, 6.07) is 39.2. The molecule has 49 heavy (non-hydrogen) atoms. The molecule has 0 amide bonds. The van der Waals surface area contributed by atoms with Gasteiger partial charge in [-0.3, -0.25) is 0 Å². The molecule has 0 fully saturated rings. The molecule has 10 rings (SSSR count). The molecule has 10 aromatic rings. The molecule has 2 heterocycles. The Morgan fingerprint density at radius 1 is 0.510 bits per heavy atom. The van der Waals surface area contributed by atoms with Gasteiger partial charge in [0.15, 0.2) is 5.58 Å². The number of hydrogen-bond donors (Lipinski definition) is 0. The number of anilines is 3. The molecule has 0 unspecified atom stereocenters. The average Bonchev–Trinajstić information content (AvgIpc) is 3.83. The van der Waals surface area contributed by atoms with Crippen molar-refractivity contribution in [3.05, 3.63) is 176 Å². The van der Waals surface area contributed by atoms with Gasteiger partial charge in [-0.15, -0.1) is 0 Å². The molecule has 2 aromatic heterocycles. The maximum absolute atomic E-state index is 8.83. The Morgan fingerprint density at radius 3 is 1.88 bits per heavy atom. The first kappa shape index (κ1) is 20.6. The first-order valence-corrected chi connectivity index (χ1v) is 15.9. The molecule has 4 heteroatoms. The smallest absolute Gasteiger partial charge is 0.227 e. The number of para-hydroxylation sites is 3. The number of hydrogen-bond acceptors (Lipinski definition) is 3. The monoisotopic (exact) mass is 635 g/mol. The van der Waals surface area contributed by atoms with E-state index in [1.165, 1.54) is 0 Å². The fourth-order valence-corrected chi connectivity index (χ4v) is 6.86. The summed E-state index contributed by atoms with van der Waals surface area (Å²) in [7, 11) is 0. The molecule has 0 spiro atoms. The fourth-order valence-electron chi connectivity index (χ4n) is 6.86. The van der Waals surface area contributed by atoms with Crippen molar-refractivity contribution in [1.29, 1.82) is 0 Å².